The number of nitrogens with two attached hydrogens (primary N) is 1. The Labute approximate surface area is 146 Å². The summed E-state index contributed by atoms with van der Waals surface area (Å²) in [5, 5.41) is 0. The maximum absolute atomic E-state index is 12.7. The van der Waals surface area contributed by atoms with Crippen LogP contribution in [0.2, 0.25) is 0 Å². The monoisotopic (exact) mass is 358 g/mol. The van der Waals surface area contributed by atoms with Gasteiger partial charge in [-0.2, -0.15) is 13.2 Å². The molecule has 1 aromatic rings. The first-order valence-electron chi connectivity index (χ1n) is 8.52. The van der Waals surface area contributed by atoms with E-state index in [1.165, 1.54) is 18.6 Å². The summed E-state index contributed by atoms with van der Waals surface area (Å²) in [5.41, 5.74) is 4.96. The maximum Gasteiger partial charge on any atom is 0.416 e. The summed E-state index contributed by atoms with van der Waals surface area (Å²) in [6.07, 6.45) is -3.67. The van der Waals surface area contributed by atoms with Crippen molar-refractivity contribution in [3.8, 4) is 0 Å². The number of carbonyl (C=O) groups is 1. The molecule has 0 saturated carbocycles. The van der Waals surface area contributed by atoms with E-state index in [4.69, 9.17) is 10.5 Å². The van der Waals surface area contributed by atoms with Crippen LogP contribution in [0.1, 0.15) is 43.9 Å². The van der Waals surface area contributed by atoms with E-state index in [9.17, 15) is 18.0 Å². The fourth-order valence-electron chi connectivity index (χ4n) is 3.46. The van der Waals surface area contributed by atoms with E-state index in [1.807, 2.05) is 6.92 Å². The van der Waals surface area contributed by atoms with E-state index in [1.54, 1.807) is 0 Å². The smallest absolute Gasteiger partial charge is 0.416 e. The largest absolute Gasteiger partial charge is 0.441 e. The first-order valence-corrected chi connectivity index (χ1v) is 8.52. The van der Waals surface area contributed by atoms with Gasteiger partial charge in [-0.25, -0.2) is 4.79 Å². The quantitative estimate of drug-likeness (QED) is 0.858. The number of likely N-dealkylation sites (tertiary alicyclic amines) is 1. The minimum absolute atomic E-state index is 0.0884. The van der Waals surface area contributed by atoms with Crippen molar-refractivity contribution >= 4 is 6.09 Å². The van der Waals surface area contributed by atoms with Gasteiger partial charge in [-0.15, -0.1) is 0 Å². The predicted octanol–water partition coefficient (Wildman–Crippen LogP) is 4.21. The number of primary amides is 1. The van der Waals surface area contributed by atoms with E-state index in [-0.39, 0.29) is 5.92 Å². The molecule has 0 radical (unpaired) electrons. The molecule has 1 fully saturated rings. The van der Waals surface area contributed by atoms with Gasteiger partial charge in [-0.3, -0.25) is 0 Å². The summed E-state index contributed by atoms with van der Waals surface area (Å²) in [5.74, 6) is 0.525. The number of rotatable bonds is 5. The summed E-state index contributed by atoms with van der Waals surface area (Å²) in [6.45, 7) is 6.77. The number of alkyl halides is 3. The molecule has 7 heteroatoms. The number of hydrogen-bond donors (Lipinski definition) is 1. The van der Waals surface area contributed by atoms with E-state index in [0.717, 1.165) is 31.6 Å². The predicted molar refractivity (Wildman–Crippen MR) is 88.9 cm³/mol. The second kappa shape index (κ2) is 8.08. The van der Waals surface area contributed by atoms with Gasteiger partial charge in [-0.05, 0) is 43.0 Å². The van der Waals surface area contributed by atoms with Crippen molar-refractivity contribution in [3.63, 3.8) is 0 Å². The minimum atomic E-state index is -4.39. The van der Waals surface area contributed by atoms with Crippen molar-refractivity contribution in [2.45, 2.75) is 39.0 Å². The van der Waals surface area contributed by atoms with Crippen molar-refractivity contribution in [2.75, 3.05) is 19.6 Å². The lowest BCUT2D eigenvalue weighted by Gasteiger charge is -2.34. The lowest BCUT2D eigenvalue weighted by atomic mass is 9.93. The van der Waals surface area contributed by atoms with Crippen LogP contribution in [0.25, 0.3) is 0 Å². The van der Waals surface area contributed by atoms with E-state index in [0.29, 0.717) is 18.0 Å². The molecular formula is C18H25F3N2O2. The number of piperidine rings is 1. The second-order valence-corrected chi connectivity index (χ2v) is 6.96. The highest BCUT2D eigenvalue weighted by Gasteiger charge is 2.31. The molecule has 1 amide bonds. The normalized spacial score (nSPS) is 21.6. The Balaban J connectivity index is 2.13. The topological polar surface area (TPSA) is 55.6 Å². The SMILES string of the molecule is CC1CCCN(CC(C)C(OC(N)=O)c2ccc(C(F)(F)F)cc2)C1. The Kier molecular flexibility index (Phi) is 6.32. The molecule has 140 valence electrons. The summed E-state index contributed by atoms with van der Waals surface area (Å²) >= 11 is 0. The first kappa shape index (κ1) is 19.6. The standard InChI is InChI=1S/C18H25F3N2O2/c1-12-4-3-9-23(10-12)11-13(2)16(25-17(22)24)14-5-7-15(8-6-14)18(19,20)21/h5-8,12-13,16H,3-4,9-11H2,1-2H3,(H2,22,24). The van der Waals surface area contributed by atoms with Crippen LogP contribution in [0.4, 0.5) is 18.0 Å². The molecule has 0 spiro atoms. The van der Waals surface area contributed by atoms with Gasteiger partial charge < -0.3 is 15.4 Å². The van der Waals surface area contributed by atoms with Gasteiger partial charge in [0.2, 0.25) is 0 Å². The fraction of sp³-hybridized carbons (Fsp3) is 0.611. The molecule has 0 aromatic heterocycles. The Bertz CT molecular complexity index is 575. The third-order valence-electron chi connectivity index (χ3n) is 4.61. The zero-order chi connectivity index (χ0) is 18.6. The van der Waals surface area contributed by atoms with Crippen molar-refractivity contribution in [3.05, 3.63) is 35.4 Å². The van der Waals surface area contributed by atoms with Gasteiger partial charge in [0.05, 0.1) is 5.56 Å². The van der Waals surface area contributed by atoms with Gasteiger partial charge in [-0.1, -0.05) is 26.0 Å². The highest BCUT2D eigenvalue weighted by atomic mass is 19.4. The molecule has 3 atom stereocenters. The van der Waals surface area contributed by atoms with E-state index >= 15 is 0 Å². The van der Waals surface area contributed by atoms with Crippen LogP contribution < -0.4 is 5.73 Å². The van der Waals surface area contributed by atoms with Gasteiger partial charge in [0.1, 0.15) is 6.10 Å². The third kappa shape index (κ3) is 5.63. The molecule has 1 aromatic carbocycles. The highest BCUT2D eigenvalue weighted by molar-refractivity contribution is 5.65. The Morgan fingerprint density at radius 2 is 2.00 bits per heavy atom. The summed E-state index contributed by atoms with van der Waals surface area (Å²) in [7, 11) is 0. The minimum Gasteiger partial charge on any atom is -0.441 e. The number of halogens is 3. The molecule has 4 nitrogen and oxygen atoms in total. The van der Waals surface area contributed by atoms with Crippen molar-refractivity contribution in [1.82, 2.24) is 4.90 Å². The van der Waals surface area contributed by atoms with Crippen molar-refractivity contribution in [2.24, 2.45) is 17.6 Å². The summed E-state index contributed by atoms with van der Waals surface area (Å²) < 4.78 is 43.4. The molecular weight excluding hydrogens is 333 g/mol. The second-order valence-electron chi connectivity index (χ2n) is 6.96. The maximum atomic E-state index is 12.7. The van der Waals surface area contributed by atoms with Crippen LogP contribution in [0.5, 0.6) is 0 Å². The molecule has 0 bridgehead atoms. The molecule has 25 heavy (non-hydrogen) atoms. The average Bonchev–Trinajstić information content (AvgIpc) is 2.51. The van der Waals surface area contributed by atoms with Crippen molar-refractivity contribution in [1.29, 1.82) is 0 Å². The highest BCUT2D eigenvalue weighted by Crippen LogP contribution is 2.33. The molecule has 3 unspecified atom stereocenters. The molecule has 1 heterocycles. The zero-order valence-corrected chi connectivity index (χ0v) is 14.6. The molecule has 1 saturated heterocycles. The van der Waals surface area contributed by atoms with Gasteiger partial charge in [0.15, 0.2) is 0 Å². The third-order valence-corrected chi connectivity index (χ3v) is 4.61. The number of ether oxygens (including phenoxy) is 1. The number of nitrogens with zero attached hydrogens (tertiary/aromatic N) is 1. The Morgan fingerprint density at radius 3 is 2.52 bits per heavy atom. The number of amides is 1. The van der Waals surface area contributed by atoms with Gasteiger partial charge in [0, 0.05) is 19.0 Å². The number of carbonyl (C=O) groups excluding carboxylic acids is 1. The van der Waals surface area contributed by atoms with Crippen molar-refractivity contribution < 1.29 is 22.7 Å². The van der Waals surface area contributed by atoms with Crippen LogP contribution >= 0.6 is 0 Å². The summed E-state index contributed by atoms with van der Waals surface area (Å²) in [4.78, 5) is 13.6. The van der Waals surface area contributed by atoms with Gasteiger partial charge in [0.25, 0.3) is 0 Å². The van der Waals surface area contributed by atoms with Gasteiger partial charge >= 0.3 is 12.3 Å². The molecule has 2 N–H and O–H groups in total. The fourth-order valence-corrected chi connectivity index (χ4v) is 3.46. The Hall–Kier alpha value is -1.76. The average molecular weight is 358 g/mol. The Morgan fingerprint density at radius 1 is 1.36 bits per heavy atom. The summed E-state index contributed by atoms with van der Waals surface area (Å²) in [6, 6.07) is 4.71. The first-order chi connectivity index (χ1) is 11.7. The van der Waals surface area contributed by atoms with Crippen LogP contribution in [-0.4, -0.2) is 30.6 Å². The number of benzene rings is 1. The van der Waals surface area contributed by atoms with E-state index in [2.05, 4.69) is 11.8 Å². The van der Waals surface area contributed by atoms with Crippen LogP contribution in [0.15, 0.2) is 24.3 Å². The molecule has 2 rings (SSSR count). The molecule has 1 aliphatic heterocycles. The van der Waals surface area contributed by atoms with Crippen LogP contribution in [-0.2, 0) is 10.9 Å². The molecule has 0 aliphatic carbocycles. The van der Waals surface area contributed by atoms with Crippen LogP contribution in [0.3, 0.4) is 0 Å². The zero-order valence-electron chi connectivity index (χ0n) is 14.6. The van der Waals surface area contributed by atoms with E-state index < -0.39 is 23.9 Å². The lowest BCUT2D eigenvalue weighted by molar-refractivity contribution is -0.137. The lowest BCUT2D eigenvalue weighted by Crippen LogP contribution is -2.39. The molecule has 1 aliphatic rings. The van der Waals surface area contributed by atoms with Crippen LogP contribution in [0, 0.1) is 11.8 Å². The number of hydrogen-bond acceptors (Lipinski definition) is 3.